The van der Waals surface area contributed by atoms with Crippen molar-refractivity contribution in [2.45, 2.75) is 33.4 Å². The van der Waals surface area contributed by atoms with Crippen molar-refractivity contribution in [2.24, 2.45) is 11.7 Å². The molecule has 4 N–H and O–H groups in total. The van der Waals surface area contributed by atoms with Crippen molar-refractivity contribution < 1.29 is 4.74 Å². The quantitative estimate of drug-likeness (QED) is 0.328. The molecule has 0 saturated carbocycles. The van der Waals surface area contributed by atoms with Gasteiger partial charge in [0.2, 0.25) is 0 Å². The van der Waals surface area contributed by atoms with Crippen LogP contribution in [0.15, 0.2) is 0 Å². The van der Waals surface area contributed by atoms with Crippen LogP contribution in [-0.4, -0.2) is 18.8 Å². The van der Waals surface area contributed by atoms with Crippen LogP contribution in [-0.2, 0) is 4.74 Å². The van der Waals surface area contributed by atoms with Crippen LogP contribution in [0, 0.1) is 11.3 Å². The van der Waals surface area contributed by atoms with E-state index in [0.717, 1.165) is 6.42 Å². The van der Waals surface area contributed by atoms with Crippen LogP contribution in [0.3, 0.4) is 0 Å². The van der Waals surface area contributed by atoms with E-state index in [2.05, 4.69) is 19.2 Å². The van der Waals surface area contributed by atoms with Crippen LogP contribution in [0.25, 0.3) is 0 Å². The molecule has 0 aromatic heterocycles. The Hall–Kier alpha value is -0.770. The molecular formula is C8H19N3O. The fourth-order valence-corrected chi connectivity index (χ4v) is 0.744. The highest BCUT2D eigenvalue weighted by atomic mass is 16.5. The summed E-state index contributed by atoms with van der Waals surface area (Å²) in [4.78, 5) is 0. The van der Waals surface area contributed by atoms with Gasteiger partial charge in [-0.05, 0) is 12.3 Å². The van der Waals surface area contributed by atoms with Gasteiger partial charge >= 0.3 is 0 Å². The lowest BCUT2D eigenvalue weighted by atomic mass is 10.2. The number of rotatable bonds is 5. The third-order valence-electron chi connectivity index (χ3n) is 1.32. The third kappa shape index (κ3) is 5.97. The molecule has 0 spiro atoms. The topological polar surface area (TPSA) is 71.1 Å². The van der Waals surface area contributed by atoms with Crippen LogP contribution in [0.5, 0.6) is 0 Å². The van der Waals surface area contributed by atoms with Gasteiger partial charge in [0.05, 0.1) is 6.61 Å². The zero-order chi connectivity index (χ0) is 9.56. The summed E-state index contributed by atoms with van der Waals surface area (Å²) in [6.07, 6.45) is 0.691. The van der Waals surface area contributed by atoms with Gasteiger partial charge in [-0.15, -0.1) is 0 Å². The second-order valence-electron chi connectivity index (χ2n) is 3.18. The maximum atomic E-state index is 7.00. The highest BCUT2D eigenvalue weighted by Crippen LogP contribution is 1.98. The van der Waals surface area contributed by atoms with Gasteiger partial charge in [0.25, 0.3) is 0 Å². The molecule has 0 fully saturated rings. The van der Waals surface area contributed by atoms with Crippen molar-refractivity contribution >= 4 is 5.96 Å². The van der Waals surface area contributed by atoms with Crippen molar-refractivity contribution in [2.75, 3.05) is 6.61 Å². The van der Waals surface area contributed by atoms with Crippen molar-refractivity contribution in [3.05, 3.63) is 0 Å². The normalized spacial score (nSPS) is 13.0. The van der Waals surface area contributed by atoms with Crippen molar-refractivity contribution in [3.63, 3.8) is 0 Å². The Balaban J connectivity index is 3.60. The van der Waals surface area contributed by atoms with Crippen LogP contribution >= 0.6 is 0 Å². The highest BCUT2D eigenvalue weighted by Gasteiger charge is 2.06. The molecule has 0 rings (SSSR count). The van der Waals surface area contributed by atoms with Crippen molar-refractivity contribution in [1.82, 2.24) is 5.32 Å². The standard InChI is InChI=1S/C8H19N3O/c1-4-7(11-8(9)10)12-5-6(2)3/h6-7H,4-5H2,1-3H3,(H4,9,10,11). The van der Waals surface area contributed by atoms with Crippen LogP contribution in [0.2, 0.25) is 0 Å². The fraction of sp³-hybridized carbons (Fsp3) is 0.875. The highest BCUT2D eigenvalue weighted by molar-refractivity contribution is 5.74. The van der Waals surface area contributed by atoms with E-state index in [1.807, 2.05) is 6.92 Å². The van der Waals surface area contributed by atoms with E-state index >= 15 is 0 Å². The van der Waals surface area contributed by atoms with Gasteiger partial charge < -0.3 is 15.8 Å². The minimum Gasteiger partial charge on any atom is -0.370 e. The van der Waals surface area contributed by atoms with Gasteiger partial charge in [0, 0.05) is 0 Å². The van der Waals surface area contributed by atoms with E-state index in [0.29, 0.717) is 12.5 Å². The Morgan fingerprint density at radius 1 is 1.58 bits per heavy atom. The Kier molecular flexibility index (Phi) is 5.45. The molecule has 72 valence electrons. The average Bonchev–Trinajstić information content (AvgIpc) is 1.97. The summed E-state index contributed by atoms with van der Waals surface area (Å²) in [6, 6.07) is 0. The predicted octanol–water partition coefficient (Wildman–Crippen LogP) is 0.878. The van der Waals surface area contributed by atoms with E-state index in [1.54, 1.807) is 0 Å². The minimum absolute atomic E-state index is 0.0365. The summed E-state index contributed by atoms with van der Waals surface area (Å²) in [5, 5.41) is 9.72. The number of nitrogens with one attached hydrogen (secondary N) is 2. The fourth-order valence-electron chi connectivity index (χ4n) is 0.744. The van der Waals surface area contributed by atoms with E-state index < -0.39 is 0 Å². The summed E-state index contributed by atoms with van der Waals surface area (Å²) < 4.78 is 5.43. The predicted molar refractivity (Wildman–Crippen MR) is 49.9 cm³/mol. The van der Waals surface area contributed by atoms with Gasteiger partial charge in [-0.1, -0.05) is 20.8 Å². The first kappa shape index (κ1) is 11.2. The van der Waals surface area contributed by atoms with E-state index in [1.165, 1.54) is 0 Å². The van der Waals surface area contributed by atoms with Crippen LogP contribution in [0.1, 0.15) is 27.2 Å². The Morgan fingerprint density at radius 3 is 2.50 bits per heavy atom. The number of ether oxygens (including phenoxy) is 1. The molecule has 0 bridgehead atoms. The summed E-state index contributed by atoms with van der Waals surface area (Å²) in [5.74, 6) is 0.471. The van der Waals surface area contributed by atoms with Crippen LogP contribution in [0.4, 0.5) is 0 Å². The zero-order valence-electron chi connectivity index (χ0n) is 8.05. The minimum atomic E-state index is -0.120. The number of nitrogens with two attached hydrogens (primary N) is 1. The molecule has 0 aromatic rings. The molecule has 0 saturated heterocycles. The van der Waals surface area contributed by atoms with E-state index in [9.17, 15) is 0 Å². The number of hydrogen-bond donors (Lipinski definition) is 3. The van der Waals surface area contributed by atoms with Gasteiger partial charge in [0.15, 0.2) is 5.96 Å². The molecule has 0 aromatic carbocycles. The van der Waals surface area contributed by atoms with Gasteiger partial charge in [-0.3, -0.25) is 5.41 Å². The van der Waals surface area contributed by atoms with Crippen molar-refractivity contribution in [3.8, 4) is 0 Å². The SMILES string of the molecule is CCC(NC(=N)N)OCC(C)C. The first-order valence-electron chi connectivity index (χ1n) is 4.28. The molecule has 12 heavy (non-hydrogen) atoms. The molecule has 0 radical (unpaired) electrons. The lowest BCUT2D eigenvalue weighted by molar-refractivity contribution is 0.0241. The first-order valence-corrected chi connectivity index (χ1v) is 4.28. The Morgan fingerprint density at radius 2 is 2.17 bits per heavy atom. The maximum Gasteiger partial charge on any atom is 0.187 e. The monoisotopic (exact) mass is 173 g/mol. The molecule has 0 amide bonds. The molecule has 1 atom stereocenters. The third-order valence-corrected chi connectivity index (χ3v) is 1.32. The smallest absolute Gasteiger partial charge is 0.187 e. The molecule has 4 nitrogen and oxygen atoms in total. The molecule has 0 aliphatic carbocycles. The van der Waals surface area contributed by atoms with Crippen LogP contribution < -0.4 is 11.1 Å². The second kappa shape index (κ2) is 5.83. The maximum absolute atomic E-state index is 7.00. The lowest BCUT2D eigenvalue weighted by Gasteiger charge is -2.18. The first-order chi connectivity index (χ1) is 5.56. The zero-order valence-corrected chi connectivity index (χ0v) is 8.05. The lowest BCUT2D eigenvalue weighted by Crippen LogP contribution is -2.41. The Bertz CT molecular complexity index is 136. The largest absolute Gasteiger partial charge is 0.370 e. The van der Waals surface area contributed by atoms with Crippen molar-refractivity contribution in [1.29, 1.82) is 5.41 Å². The van der Waals surface area contributed by atoms with E-state index in [4.69, 9.17) is 15.9 Å². The summed E-state index contributed by atoms with van der Waals surface area (Å²) >= 11 is 0. The second-order valence-corrected chi connectivity index (χ2v) is 3.18. The molecule has 0 aliphatic heterocycles. The van der Waals surface area contributed by atoms with Gasteiger partial charge in [0.1, 0.15) is 6.23 Å². The van der Waals surface area contributed by atoms with E-state index in [-0.39, 0.29) is 12.2 Å². The number of guanidine groups is 1. The van der Waals surface area contributed by atoms with Gasteiger partial charge in [-0.25, -0.2) is 0 Å². The molecule has 4 heteroatoms. The summed E-state index contributed by atoms with van der Waals surface area (Å²) in [5.41, 5.74) is 5.17. The Labute approximate surface area is 74.0 Å². The average molecular weight is 173 g/mol. The molecule has 0 heterocycles. The molecular weight excluding hydrogens is 154 g/mol. The number of hydrogen-bond acceptors (Lipinski definition) is 2. The molecule has 0 aliphatic rings. The summed E-state index contributed by atoms with van der Waals surface area (Å²) in [7, 11) is 0. The summed E-state index contributed by atoms with van der Waals surface area (Å²) in [6.45, 7) is 6.85. The molecule has 1 unspecified atom stereocenters. The van der Waals surface area contributed by atoms with Gasteiger partial charge in [-0.2, -0.15) is 0 Å².